The summed E-state index contributed by atoms with van der Waals surface area (Å²) in [5, 5.41) is 2.52. The first-order valence-corrected chi connectivity index (χ1v) is 9.49. The van der Waals surface area contributed by atoms with Gasteiger partial charge in [0.1, 0.15) is 0 Å². The van der Waals surface area contributed by atoms with Crippen molar-refractivity contribution < 1.29 is 31.1 Å². The average Bonchev–Trinajstić information content (AvgIpc) is 2.65. The Kier molecular flexibility index (Phi) is 5.35. The zero-order valence-corrected chi connectivity index (χ0v) is 15.1. The molecule has 4 aromatic rings. The lowest BCUT2D eigenvalue weighted by atomic mass is 9.96. The lowest BCUT2D eigenvalue weighted by molar-refractivity contribution is -0.310. The number of hydrogen-bond donors (Lipinski definition) is 0. The standard InChI is InChI=1S/C19H13N.CHF3O3S/c1-2-8-14(9-3-1)19-15-10-4-6-12-17(15)20-18-13-7-5-11-16(18)19;2-1(3,4)8(5,6)7/h1-13H;(H,5,6,7). The highest BCUT2D eigenvalue weighted by Crippen LogP contribution is 2.32. The molecule has 3 aromatic carbocycles. The highest BCUT2D eigenvalue weighted by Gasteiger charge is 2.36. The highest BCUT2D eigenvalue weighted by molar-refractivity contribution is 7.86. The molecular formula is C20H14F3NO3S. The molecule has 1 aromatic heterocycles. The monoisotopic (exact) mass is 405 g/mol. The third-order valence-corrected chi connectivity index (χ3v) is 4.58. The summed E-state index contributed by atoms with van der Waals surface area (Å²) >= 11 is 0. The topological polar surface area (TPSA) is 71.3 Å². The number of H-pyrrole nitrogens is 1. The summed E-state index contributed by atoms with van der Waals surface area (Å²) in [5.41, 5.74) is -0.743. The molecule has 144 valence electrons. The van der Waals surface area contributed by atoms with Crippen molar-refractivity contribution in [2.45, 2.75) is 5.51 Å². The molecule has 0 radical (unpaired) electrons. The number of aromatic nitrogens is 1. The van der Waals surface area contributed by atoms with Crippen LogP contribution in [0.15, 0.2) is 78.9 Å². The minimum absolute atomic E-state index is 1.17. The van der Waals surface area contributed by atoms with Crippen molar-refractivity contribution in [2.24, 2.45) is 0 Å². The number of halogens is 3. The van der Waals surface area contributed by atoms with Gasteiger partial charge in [-0.1, -0.05) is 54.6 Å². The van der Waals surface area contributed by atoms with Gasteiger partial charge >= 0.3 is 5.51 Å². The molecular weight excluding hydrogens is 391 g/mol. The predicted molar refractivity (Wildman–Crippen MR) is 99.2 cm³/mol. The first-order valence-electron chi connectivity index (χ1n) is 8.09. The fraction of sp³-hybridized carbons (Fsp3) is 0.0500. The average molecular weight is 405 g/mol. The van der Waals surface area contributed by atoms with Gasteiger partial charge in [0.2, 0.25) is 11.0 Å². The Morgan fingerprint density at radius 2 is 1.11 bits per heavy atom. The van der Waals surface area contributed by atoms with Crippen molar-refractivity contribution in [2.75, 3.05) is 0 Å². The summed E-state index contributed by atoms with van der Waals surface area (Å²) in [6, 6.07) is 27.6. The number of benzene rings is 3. The van der Waals surface area contributed by atoms with Crippen LogP contribution in [0.25, 0.3) is 32.9 Å². The number of rotatable bonds is 1. The third-order valence-electron chi connectivity index (χ3n) is 4.01. The summed E-state index contributed by atoms with van der Waals surface area (Å²) in [4.78, 5) is 3.52. The van der Waals surface area contributed by atoms with Crippen LogP contribution in [-0.4, -0.2) is 18.5 Å². The minimum atomic E-state index is -6.09. The summed E-state index contributed by atoms with van der Waals surface area (Å²) in [6.07, 6.45) is 0. The summed E-state index contributed by atoms with van der Waals surface area (Å²) < 4.78 is 58.9. The van der Waals surface area contributed by atoms with Crippen LogP contribution >= 0.6 is 0 Å². The lowest BCUT2D eigenvalue weighted by Gasteiger charge is -2.08. The number of nitrogens with one attached hydrogen (secondary N) is 1. The van der Waals surface area contributed by atoms with Crippen molar-refractivity contribution in [1.29, 1.82) is 0 Å². The molecule has 0 aliphatic heterocycles. The second kappa shape index (κ2) is 7.57. The molecule has 0 aliphatic carbocycles. The van der Waals surface area contributed by atoms with Gasteiger partial charge in [-0.05, 0) is 17.7 Å². The molecule has 28 heavy (non-hydrogen) atoms. The van der Waals surface area contributed by atoms with Crippen molar-refractivity contribution >= 4 is 31.9 Å². The maximum absolute atomic E-state index is 10.7. The molecule has 0 saturated heterocycles. The Hall–Kier alpha value is -2.97. The fourth-order valence-corrected chi connectivity index (χ4v) is 2.83. The Balaban J connectivity index is 0.000000242. The quantitative estimate of drug-likeness (QED) is 0.265. The first kappa shape index (κ1) is 19.8. The first-order chi connectivity index (χ1) is 13.2. The van der Waals surface area contributed by atoms with E-state index in [0.29, 0.717) is 0 Å². The molecule has 8 heteroatoms. The normalized spacial score (nSPS) is 11.9. The van der Waals surface area contributed by atoms with E-state index in [2.05, 4.69) is 83.8 Å². The molecule has 1 heterocycles. The van der Waals surface area contributed by atoms with E-state index in [1.54, 1.807) is 0 Å². The van der Waals surface area contributed by atoms with Crippen LogP contribution in [0.3, 0.4) is 0 Å². The second-order valence-electron chi connectivity index (χ2n) is 5.86. The van der Waals surface area contributed by atoms with E-state index in [4.69, 9.17) is 13.0 Å². The smallest absolute Gasteiger partial charge is 0.485 e. The molecule has 4 nitrogen and oxygen atoms in total. The van der Waals surface area contributed by atoms with E-state index in [1.165, 1.54) is 32.9 Å². The van der Waals surface area contributed by atoms with Crippen molar-refractivity contribution in [1.82, 2.24) is 0 Å². The van der Waals surface area contributed by atoms with Crippen LogP contribution in [0, 0.1) is 0 Å². The fourth-order valence-electron chi connectivity index (χ4n) is 2.83. The van der Waals surface area contributed by atoms with Gasteiger partial charge in [-0.25, -0.2) is 13.4 Å². The van der Waals surface area contributed by atoms with Crippen LogP contribution in [0.2, 0.25) is 0 Å². The van der Waals surface area contributed by atoms with Gasteiger partial charge in [0.05, 0.1) is 10.8 Å². The number of aromatic amines is 1. The SMILES string of the molecule is O=S(=O)([O-])C(F)(F)F.c1ccc(-c2c3ccccc3[nH+]c3ccccc23)cc1. The van der Waals surface area contributed by atoms with Crippen LogP contribution in [-0.2, 0) is 10.1 Å². The van der Waals surface area contributed by atoms with Crippen LogP contribution < -0.4 is 4.98 Å². The van der Waals surface area contributed by atoms with E-state index in [-0.39, 0.29) is 0 Å². The molecule has 0 amide bonds. The number of para-hydroxylation sites is 2. The minimum Gasteiger partial charge on any atom is -0.741 e. The van der Waals surface area contributed by atoms with Gasteiger partial charge in [0, 0.05) is 17.7 Å². The van der Waals surface area contributed by atoms with Gasteiger partial charge in [-0.15, -0.1) is 0 Å². The van der Waals surface area contributed by atoms with Gasteiger partial charge < -0.3 is 4.55 Å². The number of fused-ring (bicyclic) bond motifs is 2. The van der Waals surface area contributed by atoms with Crippen molar-refractivity contribution in [3.05, 3.63) is 78.9 Å². The second-order valence-corrected chi connectivity index (χ2v) is 7.23. The number of pyridine rings is 1. The van der Waals surface area contributed by atoms with Crippen LogP contribution in [0.5, 0.6) is 0 Å². The van der Waals surface area contributed by atoms with Crippen LogP contribution in [0.1, 0.15) is 0 Å². The maximum Gasteiger partial charge on any atom is 0.485 e. The van der Waals surface area contributed by atoms with Gasteiger partial charge in [-0.3, -0.25) is 0 Å². The van der Waals surface area contributed by atoms with Crippen molar-refractivity contribution in [3.63, 3.8) is 0 Å². The molecule has 0 atom stereocenters. The largest absolute Gasteiger partial charge is 0.741 e. The highest BCUT2D eigenvalue weighted by atomic mass is 32.2. The van der Waals surface area contributed by atoms with E-state index in [1.807, 2.05) is 0 Å². The zero-order valence-electron chi connectivity index (χ0n) is 14.3. The summed E-state index contributed by atoms with van der Waals surface area (Å²) in [6.45, 7) is 0. The van der Waals surface area contributed by atoms with E-state index < -0.39 is 15.6 Å². The van der Waals surface area contributed by atoms with E-state index in [0.717, 1.165) is 0 Å². The molecule has 0 spiro atoms. The Morgan fingerprint density at radius 3 is 1.54 bits per heavy atom. The van der Waals surface area contributed by atoms with Gasteiger partial charge in [0.25, 0.3) is 0 Å². The Bertz CT molecular complexity index is 1170. The number of hydrogen-bond acceptors (Lipinski definition) is 3. The van der Waals surface area contributed by atoms with Crippen LogP contribution in [0.4, 0.5) is 13.2 Å². The van der Waals surface area contributed by atoms with E-state index >= 15 is 0 Å². The molecule has 4 rings (SSSR count). The van der Waals surface area contributed by atoms with Crippen molar-refractivity contribution in [3.8, 4) is 11.1 Å². The predicted octanol–water partition coefficient (Wildman–Crippen LogP) is 4.53. The lowest BCUT2D eigenvalue weighted by Crippen LogP contribution is -2.21. The molecule has 0 unspecified atom stereocenters. The summed E-state index contributed by atoms with van der Waals surface area (Å²) in [5.74, 6) is 0. The number of alkyl halides is 3. The molecule has 0 saturated carbocycles. The van der Waals surface area contributed by atoms with Gasteiger partial charge in [0.15, 0.2) is 10.1 Å². The third kappa shape index (κ3) is 4.13. The molecule has 1 N–H and O–H groups in total. The maximum atomic E-state index is 10.7. The van der Waals surface area contributed by atoms with Gasteiger partial charge in [-0.2, -0.15) is 13.2 Å². The zero-order chi connectivity index (χ0) is 20.4. The molecule has 0 bridgehead atoms. The summed E-state index contributed by atoms with van der Waals surface area (Å²) in [7, 11) is -6.09. The Morgan fingerprint density at radius 1 is 0.714 bits per heavy atom. The molecule has 0 fully saturated rings. The molecule has 0 aliphatic rings. The van der Waals surface area contributed by atoms with E-state index in [9.17, 15) is 13.2 Å². The Labute approximate surface area is 159 Å².